The van der Waals surface area contributed by atoms with Gasteiger partial charge in [-0.1, -0.05) is 35.9 Å². The predicted octanol–water partition coefficient (Wildman–Crippen LogP) is 5.53. The van der Waals surface area contributed by atoms with E-state index in [2.05, 4.69) is 10.3 Å². The fourth-order valence-electron chi connectivity index (χ4n) is 4.10. The summed E-state index contributed by atoms with van der Waals surface area (Å²) in [5, 5.41) is 13.3. The van der Waals surface area contributed by atoms with Crippen molar-refractivity contribution in [3.8, 4) is 11.3 Å². The fraction of sp³-hybridized carbons (Fsp3) is 0.115. The zero-order chi connectivity index (χ0) is 22.9. The average molecular weight is 456 g/mol. The summed E-state index contributed by atoms with van der Waals surface area (Å²) in [6.45, 7) is 2.04. The highest BCUT2D eigenvalue weighted by molar-refractivity contribution is 7.80. The summed E-state index contributed by atoms with van der Waals surface area (Å²) < 4.78 is 6.30. The molecule has 33 heavy (non-hydrogen) atoms. The minimum atomic E-state index is -0.977. The fourth-order valence-corrected chi connectivity index (χ4v) is 4.45. The molecular formula is C26H21N3O3S. The molecular weight excluding hydrogens is 434 g/mol. The predicted molar refractivity (Wildman–Crippen MR) is 130 cm³/mol. The zero-order valence-electron chi connectivity index (χ0n) is 17.8. The largest absolute Gasteiger partial charge is 0.478 e. The van der Waals surface area contributed by atoms with E-state index in [1.807, 2.05) is 72.5 Å². The van der Waals surface area contributed by atoms with Gasteiger partial charge in [-0.05, 0) is 67.7 Å². The van der Waals surface area contributed by atoms with Crippen molar-refractivity contribution in [3.63, 3.8) is 0 Å². The van der Waals surface area contributed by atoms with Gasteiger partial charge in [0.1, 0.15) is 17.6 Å². The lowest BCUT2D eigenvalue weighted by molar-refractivity contribution is 0.0697. The van der Waals surface area contributed by atoms with Gasteiger partial charge < -0.3 is 19.7 Å². The van der Waals surface area contributed by atoms with Crippen LogP contribution in [0.1, 0.15) is 39.5 Å². The molecule has 0 saturated carbocycles. The third-order valence-corrected chi connectivity index (χ3v) is 6.04. The lowest BCUT2D eigenvalue weighted by atomic mass is 10.0. The first-order valence-electron chi connectivity index (χ1n) is 10.5. The van der Waals surface area contributed by atoms with Crippen molar-refractivity contribution in [3.05, 3.63) is 108 Å². The number of nitrogens with one attached hydrogen (secondary N) is 1. The van der Waals surface area contributed by atoms with E-state index in [0.717, 1.165) is 16.9 Å². The Kier molecular flexibility index (Phi) is 5.40. The Bertz CT molecular complexity index is 1320. The van der Waals surface area contributed by atoms with Crippen LogP contribution in [0.5, 0.6) is 0 Å². The van der Waals surface area contributed by atoms with Crippen molar-refractivity contribution in [1.82, 2.24) is 10.3 Å². The van der Waals surface area contributed by atoms with Gasteiger partial charge in [0.25, 0.3) is 0 Å². The molecule has 164 valence electrons. The molecule has 2 aromatic carbocycles. The van der Waals surface area contributed by atoms with E-state index in [-0.39, 0.29) is 17.6 Å². The van der Waals surface area contributed by atoms with E-state index in [1.54, 1.807) is 24.4 Å². The van der Waals surface area contributed by atoms with Gasteiger partial charge in [-0.25, -0.2) is 4.79 Å². The summed E-state index contributed by atoms with van der Waals surface area (Å²) in [5.74, 6) is 0.318. The maximum Gasteiger partial charge on any atom is 0.335 e. The van der Waals surface area contributed by atoms with E-state index in [1.165, 1.54) is 0 Å². The van der Waals surface area contributed by atoms with Crippen LogP contribution in [-0.2, 0) is 0 Å². The first-order valence-corrected chi connectivity index (χ1v) is 10.9. The van der Waals surface area contributed by atoms with Gasteiger partial charge in [0.2, 0.25) is 0 Å². The lowest BCUT2D eigenvalue weighted by Gasteiger charge is -2.26. The smallest absolute Gasteiger partial charge is 0.335 e. The molecule has 6 nitrogen and oxygen atoms in total. The van der Waals surface area contributed by atoms with Crippen LogP contribution in [-0.4, -0.2) is 21.2 Å². The SMILES string of the molecule is Cc1ccc(N2C(=S)N[C@@H](c3ccccn3)[C@H]2c2ccc(-c3cccc(C(=O)O)c3)o2)cc1. The van der Waals surface area contributed by atoms with Crippen LogP contribution in [0, 0.1) is 6.92 Å². The molecule has 0 aliphatic carbocycles. The number of thiocarbonyl (C=S) groups is 1. The minimum Gasteiger partial charge on any atom is -0.478 e. The Labute approximate surface area is 196 Å². The van der Waals surface area contributed by atoms with E-state index in [0.29, 0.717) is 22.2 Å². The molecule has 4 aromatic rings. The molecule has 0 amide bonds. The number of benzene rings is 2. The molecule has 0 spiro atoms. The van der Waals surface area contributed by atoms with Crippen LogP contribution in [0.4, 0.5) is 5.69 Å². The highest BCUT2D eigenvalue weighted by Crippen LogP contribution is 2.42. The first-order chi connectivity index (χ1) is 16.0. The van der Waals surface area contributed by atoms with Gasteiger partial charge in [0.05, 0.1) is 17.3 Å². The summed E-state index contributed by atoms with van der Waals surface area (Å²) >= 11 is 5.74. The number of pyridine rings is 1. The first kappa shape index (κ1) is 20.9. The number of carboxylic acids is 1. The third-order valence-electron chi connectivity index (χ3n) is 5.72. The van der Waals surface area contributed by atoms with E-state index < -0.39 is 5.97 Å². The number of carboxylic acid groups (broad SMARTS) is 1. The summed E-state index contributed by atoms with van der Waals surface area (Å²) in [5.41, 5.74) is 3.87. The van der Waals surface area contributed by atoms with Crippen molar-refractivity contribution in [2.75, 3.05) is 4.90 Å². The van der Waals surface area contributed by atoms with Crippen LogP contribution in [0.25, 0.3) is 11.3 Å². The maximum absolute atomic E-state index is 11.4. The lowest BCUT2D eigenvalue weighted by Crippen LogP contribution is -2.29. The average Bonchev–Trinajstić information content (AvgIpc) is 3.45. The number of rotatable bonds is 5. The number of aromatic carboxylic acids is 1. The quantitative estimate of drug-likeness (QED) is 0.383. The number of nitrogens with zero attached hydrogens (tertiary/aromatic N) is 2. The summed E-state index contributed by atoms with van der Waals surface area (Å²) in [4.78, 5) is 18.0. The monoisotopic (exact) mass is 455 g/mol. The number of aryl methyl sites for hydroxylation is 1. The standard InChI is InChI=1S/C26H21N3O3S/c1-16-8-10-19(11-9-16)29-24(23(28-26(29)33)20-7-2-3-14-27-20)22-13-12-21(32-22)17-5-4-6-18(15-17)25(30)31/h2-15,23-24H,1H3,(H,28,33)(H,30,31)/t23-,24+/m0/s1. The number of hydrogen-bond donors (Lipinski definition) is 2. The topological polar surface area (TPSA) is 78.6 Å². The number of hydrogen-bond acceptors (Lipinski definition) is 4. The van der Waals surface area contributed by atoms with Gasteiger partial charge in [0.15, 0.2) is 5.11 Å². The number of furan rings is 1. The second-order valence-electron chi connectivity index (χ2n) is 7.92. The van der Waals surface area contributed by atoms with Gasteiger partial charge >= 0.3 is 5.97 Å². The Balaban J connectivity index is 1.58. The summed E-state index contributed by atoms with van der Waals surface area (Å²) in [7, 11) is 0. The molecule has 1 fully saturated rings. The molecule has 0 radical (unpaired) electrons. The highest BCUT2D eigenvalue weighted by Gasteiger charge is 2.42. The number of carbonyl (C=O) groups is 1. The van der Waals surface area contributed by atoms with Crippen LogP contribution < -0.4 is 10.2 Å². The van der Waals surface area contributed by atoms with Crippen LogP contribution >= 0.6 is 12.2 Å². The summed E-state index contributed by atoms with van der Waals surface area (Å²) in [6, 6.07) is 24.0. The van der Waals surface area contributed by atoms with Gasteiger partial charge in [-0.15, -0.1) is 0 Å². The van der Waals surface area contributed by atoms with E-state index in [9.17, 15) is 9.90 Å². The molecule has 1 saturated heterocycles. The number of aromatic nitrogens is 1. The van der Waals surface area contributed by atoms with Crippen molar-refractivity contribution in [1.29, 1.82) is 0 Å². The van der Waals surface area contributed by atoms with E-state index >= 15 is 0 Å². The van der Waals surface area contributed by atoms with Crippen molar-refractivity contribution < 1.29 is 14.3 Å². The minimum absolute atomic E-state index is 0.210. The van der Waals surface area contributed by atoms with Crippen LogP contribution in [0.3, 0.4) is 0 Å². The maximum atomic E-state index is 11.4. The Hall–Kier alpha value is -3.97. The molecule has 0 unspecified atom stereocenters. The van der Waals surface area contributed by atoms with Crippen molar-refractivity contribution in [2.24, 2.45) is 0 Å². The van der Waals surface area contributed by atoms with Crippen LogP contribution in [0.2, 0.25) is 0 Å². The van der Waals surface area contributed by atoms with Gasteiger partial charge in [0, 0.05) is 17.4 Å². The Morgan fingerprint density at radius 2 is 1.88 bits per heavy atom. The molecule has 2 atom stereocenters. The van der Waals surface area contributed by atoms with Crippen LogP contribution in [0.15, 0.2) is 89.5 Å². The second kappa shape index (κ2) is 8.52. The molecule has 1 aliphatic rings. The summed E-state index contributed by atoms with van der Waals surface area (Å²) in [6.07, 6.45) is 1.76. The molecule has 7 heteroatoms. The Morgan fingerprint density at radius 3 is 2.61 bits per heavy atom. The third kappa shape index (κ3) is 3.99. The zero-order valence-corrected chi connectivity index (χ0v) is 18.6. The molecule has 2 N–H and O–H groups in total. The highest BCUT2D eigenvalue weighted by atomic mass is 32.1. The number of anilines is 1. The molecule has 0 bridgehead atoms. The second-order valence-corrected chi connectivity index (χ2v) is 8.31. The normalized spacial score (nSPS) is 17.7. The Morgan fingerprint density at radius 1 is 1.06 bits per heavy atom. The molecule has 2 aromatic heterocycles. The molecule has 3 heterocycles. The van der Waals surface area contributed by atoms with Crippen molar-refractivity contribution >= 4 is 29.0 Å². The van der Waals surface area contributed by atoms with Gasteiger partial charge in [-0.3, -0.25) is 4.98 Å². The van der Waals surface area contributed by atoms with Crippen molar-refractivity contribution in [2.45, 2.75) is 19.0 Å². The van der Waals surface area contributed by atoms with Gasteiger partial charge in [-0.2, -0.15) is 0 Å². The molecule has 5 rings (SSSR count). The molecule has 1 aliphatic heterocycles. The van der Waals surface area contributed by atoms with E-state index in [4.69, 9.17) is 16.6 Å².